The van der Waals surface area contributed by atoms with E-state index in [9.17, 15) is 0 Å². The molecule has 0 unspecified atom stereocenters. The van der Waals surface area contributed by atoms with Crippen molar-refractivity contribution in [2.75, 3.05) is 26.2 Å². The third-order valence-electron chi connectivity index (χ3n) is 3.48. The fourth-order valence-corrected chi connectivity index (χ4v) is 4.55. The highest BCUT2D eigenvalue weighted by atomic mass is 32.1. The summed E-state index contributed by atoms with van der Waals surface area (Å²) in [7, 11) is 0. The average molecular weight is 278 g/mol. The van der Waals surface area contributed by atoms with Gasteiger partial charge in [0.25, 0.3) is 0 Å². The summed E-state index contributed by atoms with van der Waals surface area (Å²) in [4.78, 5) is 5.60. The first-order chi connectivity index (χ1) is 8.86. The molecule has 2 nitrogen and oxygen atoms in total. The van der Waals surface area contributed by atoms with Crippen molar-refractivity contribution in [1.29, 1.82) is 0 Å². The Bertz CT molecular complexity index is 484. The molecule has 1 aliphatic rings. The highest BCUT2D eigenvalue weighted by Crippen LogP contribution is 2.36. The van der Waals surface area contributed by atoms with Crippen LogP contribution in [0.2, 0.25) is 0 Å². The van der Waals surface area contributed by atoms with Crippen molar-refractivity contribution in [2.45, 2.75) is 13.0 Å². The topological polar surface area (TPSA) is 15.3 Å². The zero-order chi connectivity index (χ0) is 12.4. The Kier molecular flexibility index (Phi) is 3.80. The van der Waals surface area contributed by atoms with Crippen LogP contribution in [0, 0.1) is 6.92 Å². The monoisotopic (exact) mass is 278 g/mol. The van der Waals surface area contributed by atoms with Gasteiger partial charge in [-0.2, -0.15) is 0 Å². The quantitative estimate of drug-likeness (QED) is 0.928. The largest absolute Gasteiger partial charge is 0.314 e. The van der Waals surface area contributed by atoms with Gasteiger partial charge >= 0.3 is 0 Å². The van der Waals surface area contributed by atoms with E-state index in [2.05, 4.69) is 46.1 Å². The van der Waals surface area contributed by atoms with Crippen LogP contribution in [0.3, 0.4) is 0 Å². The first-order valence-corrected chi connectivity index (χ1v) is 8.14. The van der Waals surface area contributed by atoms with E-state index in [0.29, 0.717) is 6.04 Å². The summed E-state index contributed by atoms with van der Waals surface area (Å²) in [6.07, 6.45) is 0. The molecule has 3 heterocycles. The number of thiophene rings is 2. The molecule has 1 N–H and O–H groups in total. The van der Waals surface area contributed by atoms with E-state index in [1.54, 1.807) is 0 Å². The lowest BCUT2D eigenvalue weighted by Gasteiger charge is -2.34. The molecule has 0 aliphatic carbocycles. The Labute approximate surface area is 116 Å². The molecule has 2 aromatic rings. The number of aryl methyl sites for hydroxylation is 1. The van der Waals surface area contributed by atoms with Crippen molar-refractivity contribution >= 4 is 22.7 Å². The minimum atomic E-state index is 0.465. The minimum Gasteiger partial charge on any atom is -0.314 e. The van der Waals surface area contributed by atoms with Gasteiger partial charge in [-0.25, -0.2) is 0 Å². The van der Waals surface area contributed by atoms with Crippen molar-refractivity contribution in [2.24, 2.45) is 0 Å². The number of nitrogens with one attached hydrogen (secondary N) is 1. The molecule has 0 bridgehead atoms. The standard InChI is InChI=1S/C14H18N2S2/c1-11-4-10-18-14(11)13(12-3-2-9-17-12)16-7-5-15-6-8-16/h2-4,9-10,13,15H,5-8H2,1H3/t13-/m0/s1. The van der Waals surface area contributed by atoms with E-state index in [1.807, 2.05) is 22.7 Å². The summed E-state index contributed by atoms with van der Waals surface area (Å²) >= 11 is 3.77. The second kappa shape index (κ2) is 5.53. The summed E-state index contributed by atoms with van der Waals surface area (Å²) in [5.74, 6) is 0. The van der Waals surface area contributed by atoms with Crippen LogP contribution < -0.4 is 5.32 Å². The Hall–Kier alpha value is -0.680. The fourth-order valence-electron chi connectivity index (χ4n) is 2.53. The van der Waals surface area contributed by atoms with E-state index < -0.39 is 0 Å². The zero-order valence-electron chi connectivity index (χ0n) is 10.6. The van der Waals surface area contributed by atoms with Crippen molar-refractivity contribution < 1.29 is 0 Å². The normalized spacial score (nSPS) is 18.9. The second-order valence-corrected chi connectivity index (χ2v) is 6.60. The van der Waals surface area contributed by atoms with Crippen LogP contribution in [0.1, 0.15) is 21.4 Å². The molecular formula is C14H18N2S2. The van der Waals surface area contributed by atoms with E-state index in [4.69, 9.17) is 0 Å². The molecule has 0 saturated carbocycles. The summed E-state index contributed by atoms with van der Waals surface area (Å²) in [5, 5.41) is 7.84. The lowest BCUT2D eigenvalue weighted by molar-refractivity contribution is 0.202. The van der Waals surface area contributed by atoms with Gasteiger partial charge in [-0.05, 0) is 35.4 Å². The first kappa shape index (κ1) is 12.4. The smallest absolute Gasteiger partial charge is 0.0793 e. The highest BCUT2D eigenvalue weighted by Gasteiger charge is 2.26. The van der Waals surface area contributed by atoms with Gasteiger partial charge in [-0.1, -0.05) is 6.07 Å². The molecule has 1 saturated heterocycles. The molecule has 18 heavy (non-hydrogen) atoms. The Balaban J connectivity index is 1.96. The van der Waals surface area contributed by atoms with E-state index in [-0.39, 0.29) is 0 Å². The van der Waals surface area contributed by atoms with Crippen LogP contribution in [-0.4, -0.2) is 31.1 Å². The fraction of sp³-hybridized carbons (Fsp3) is 0.429. The molecule has 0 amide bonds. The van der Waals surface area contributed by atoms with Gasteiger partial charge in [0, 0.05) is 35.9 Å². The molecule has 1 aliphatic heterocycles. The molecule has 0 radical (unpaired) electrons. The third kappa shape index (κ3) is 2.38. The van der Waals surface area contributed by atoms with Crippen LogP contribution in [0.5, 0.6) is 0 Å². The summed E-state index contributed by atoms with van der Waals surface area (Å²) in [6.45, 7) is 6.72. The second-order valence-electron chi connectivity index (χ2n) is 4.67. The molecule has 3 rings (SSSR count). The minimum absolute atomic E-state index is 0.465. The molecular weight excluding hydrogens is 260 g/mol. The molecule has 1 fully saturated rings. The van der Waals surface area contributed by atoms with Gasteiger partial charge in [-0.3, -0.25) is 4.90 Å². The van der Waals surface area contributed by atoms with Crippen LogP contribution in [0.25, 0.3) is 0 Å². The van der Waals surface area contributed by atoms with Crippen molar-refractivity contribution in [1.82, 2.24) is 10.2 Å². The van der Waals surface area contributed by atoms with E-state index >= 15 is 0 Å². The lowest BCUT2D eigenvalue weighted by Crippen LogP contribution is -2.45. The number of piperazine rings is 1. The van der Waals surface area contributed by atoms with Gasteiger partial charge in [0.15, 0.2) is 0 Å². The third-order valence-corrected chi connectivity index (χ3v) is 5.48. The van der Waals surface area contributed by atoms with E-state index in [0.717, 1.165) is 26.2 Å². The average Bonchev–Trinajstić information content (AvgIpc) is 3.05. The number of hydrogen-bond acceptors (Lipinski definition) is 4. The SMILES string of the molecule is Cc1ccsc1[C@H](c1cccs1)N1CCNCC1. The predicted octanol–water partition coefficient (Wildman–Crippen LogP) is 3.11. The lowest BCUT2D eigenvalue weighted by atomic mass is 10.1. The van der Waals surface area contributed by atoms with Gasteiger partial charge < -0.3 is 5.32 Å². The number of hydrogen-bond donors (Lipinski definition) is 1. The maximum atomic E-state index is 3.44. The molecule has 2 aromatic heterocycles. The first-order valence-electron chi connectivity index (χ1n) is 6.38. The van der Waals surface area contributed by atoms with Crippen LogP contribution >= 0.6 is 22.7 Å². The highest BCUT2D eigenvalue weighted by molar-refractivity contribution is 7.11. The maximum Gasteiger partial charge on any atom is 0.0793 e. The molecule has 0 spiro atoms. The predicted molar refractivity (Wildman–Crippen MR) is 79.7 cm³/mol. The molecule has 96 valence electrons. The summed E-state index contributed by atoms with van der Waals surface area (Å²) in [6, 6.07) is 7.14. The summed E-state index contributed by atoms with van der Waals surface area (Å²) < 4.78 is 0. The van der Waals surface area contributed by atoms with Gasteiger partial charge in [0.1, 0.15) is 0 Å². The molecule has 0 aromatic carbocycles. The maximum absolute atomic E-state index is 3.44. The van der Waals surface area contributed by atoms with Crippen LogP contribution in [0.15, 0.2) is 29.0 Å². The van der Waals surface area contributed by atoms with Gasteiger partial charge in [0.05, 0.1) is 6.04 Å². The van der Waals surface area contributed by atoms with Crippen molar-refractivity contribution in [3.8, 4) is 0 Å². The van der Waals surface area contributed by atoms with E-state index in [1.165, 1.54) is 15.3 Å². The van der Waals surface area contributed by atoms with Crippen molar-refractivity contribution in [3.63, 3.8) is 0 Å². The van der Waals surface area contributed by atoms with Gasteiger partial charge in [-0.15, -0.1) is 22.7 Å². The molecule has 4 heteroatoms. The van der Waals surface area contributed by atoms with Crippen LogP contribution in [0.4, 0.5) is 0 Å². The number of rotatable bonds is 3. The van der Waals surface area contributed by atoms with Crippen molar-refractivity contribution in [3.05, 3.63) is 44.3 Å². The zero-order valence-corrected chi connectivity index (χ0v) is 12.2. The number of nitrogens with zero attached hydrogens (tertiary/aromatic N) is 1. The Morgan fingerprint density at radius 1 is 1.17 bits per heavy atom. The Morgan fingerprint density at radius 3 is 2.61 bits per heavy atom. The van der Waals surface area contributed by atoms with Gasteiger partial charge in [0.2, 0.25) is 0 Å². The summed E-state index contributed by atoms with van der Waals surface area (Å²) in [5.41, 5.74) is 1.43. The molecule has 1 atom stereocenters. The Morgan fingerprint density at radius 2 is 2.00 bits per heavy atom. The van der Waals surface area contributed by atoms with Crippen LogP contribution in [-0.2, 0) is 0 Å².